The molecule has 1 N–H and O–H groups in total. The summed E-state index contributed by atoms with van der Waals surface area (Å²) in [5.41, 5.74) is 2.69. The fourth-order valence-corrected chi connectivity index (χ4v) is 2.33. The van der Waals surface area contributed by atoms with Crippen LogP contribution >= 0.6 is 0 Å². The van der Waals surface area contributed by atoms with Crippen LogP contribution in [0.4, 0.5) is 0 Å². The van der Waals surface area contributed by atoms with Crippen LogP contribution in [0.3, 0.4) is 0 Å². The first-order chi connectivity index (χ1) is 9.02. The average molecular weight is 264 g/mol. The predicted octanol–water partition coefficient (Wildman–Crippen LogP) is 1.14. The highest BCUT2D eigenvalue weighted by atomic mass is 16.5. The predicted molar refractivity (Wildman–Crippen MR) is 71.0 cm³/mol. The molecule has 2 aromatic rings. The summed E-state index contributed by atoms with van der Waals surface area (Å²) in [6, 6.07) is 0. The zero-order valence-corrected chi connectivity index (χ0v) is 11.8. The molecule has 0 spiro atoms. The minimum atomic E-state index is -0.580. The van der Waals surface area contributed by atoms with E-state index in [9.17, 15) is 5.11 Å². The Morgan fingerprint density at radius 2 is 2.16 bits per heavy atom. The molecular weight excluding hydrogens is 244 g/mol. The number of hydrogen-bond donors (Lipinski definition) is 1. The van der Waals surface area contributed by atoms with Gasteiger partial charge in [-0.25, -0.2) is 4.68 Å². The van der Waals surface area contributed by atoms with Gasteiger partial charge in [0, 0.05) is 20.3 Å². The number of hydrogen-bond acceptors (Lipinski definition) is 4. The molecule has 1 unspecified atom stereocenters. The molecule has 0 aliphatic rings. The van der Waals surface area contributed by atoms with Gasteiger partial charge < -0.3 is 9.84 Å². The Hall–Kier alpha value is -1.82. The van der Waals surface area contributed by atoms with Crippen LogP contribution in [-0.4, -0.2) is 31.8 Å². The molecule has 0 saturated carbocycles. The molecular formula is C13H20N4O2. The van der Waals surface area contributed by atoms with E-state index < -0.39 is 6.10 Å². The van der Waals surface area contributed by atoms with Gasteiger partial charge in [0.25, 0.3) is 0 Å². The summed E-state index contributed by atoms with van der Waals surface area (Å²) in [6.07, 6.45) is 4.59. The van der Waals surface area contributed by atoms with E-state index in [4.69, 9.17) is 4.74 Å². The fourth-order valence-electron chi connectivity index (χ4n) is 2.33. The van der Waals surface area contributed by atoms with E-state index in [2.05, 4.69) is 10.2 Å². The lowest BCUT2D eigenvalue weighted by Crippen LogP contribution is -2.03. The lowest BCUT2D eigenvalue weighted by Gasteiger charge is -2.11. The molecule has 6 nitrogen and oxygen atoms in total. The molecule has 2 heterocycles. The van der Waals surface area contributed by atoms with Crippen molar-refractivity contribution in [2.45, 2.75) is 25.9 Å². The molecule has 0 aliphatic heterocycles. The number of nitrogens with zero attached hydrogens (tertiary/aromatic N) is 4. The Kier molecular flexibility index (Phi) is 3.90. The maximum Gasteiger partial charge on any atom is 0.217 e. The molecule has 0 aliphatic carbocycles. The fraction of sp³-hybridized carbons (Fsp3) is 0.538. The van der Waals surface area contributed by atoms with Crippen LogP contribution in [0.1, 0.15) is 29.3 Å². The lowest BCUT2D eigenvalue weighted by molar-refractivity contribution is 0.162. The quantitative estimate of drug-likeness (QED) is 0.879. The maximum atomic E-state index is 10.3. The number of methoxy groups -OCH3 is 1. The van der Waals surface area contributed by atoms with E-state index in [1.54, 1.807) is 16.5 Å². The van der Waals surface area contributed by atoms with Gasteiger partial charge in [0.1, 0.15) is 0 Å². The van der Waals surface area contributed by atoms with Crippen LogP contribution in [0.2, 0.25) is 0 Å². The number of rotatable bonds is 5. The number of ether oxygens (including phenoxy) is 1. The van der Waals surface area contributed by atoms with Crippen molar-refractivity contribution in [1.82, 2.24) is 19.6 Å². The molecule has 2 aromatic heterocycles. The number of aliphatic hydroxyl groups excluding tert-OH is 1. The van der Waals surface area contributed by atoms with Crippen LogP contribution in [0.25, 0.3) is 0 Å². The van der Waals surface area contributed by atoms with Crippen LogP contribution in [-0.2, 0) is 20.5 Å². The Balaban J connectivity index is 2.09. The first kappa shape index (κ1) is 13.6. The van der Waals surface area contributed by atoms with Gasteiger partial charge in [-0.1, -0.05) is 0 Å². The molecule has 19 heavy (non-hydrogen) atoms. The Bertz CT molecular complexity index is 559. The van der Waals surface area contributed by atoms with Crippen molar-refractivity contribution in [3.8, 4) is 5.88 Å². The Morgan fingerprint density at radius 1 is 1.42 bits per heavy atom. The summed E-state index contributed by atoms with van der Waals surface area (Å²) in [7, 11) is 5.28. The summed E-state index contributed by atoms with van der Waals surface area (Å²) < 4.78 is 8.71. The summed E-state index contributed by atoms with van der Waals surface area (Å²) in [5.74, 6) is 0.621. The Labute approximate surface area is 112 Å². The highest BCUT2D eigenvalue weighted by molar-refractivity contribution is 5.33. The van der Waals surface area contributed by atoms with Gasteiger partial charge in [0.2, 0.25) is 5.88 Å². The van der Waals surface area contributed by atoms with E-state index in [1.165, 1.54) is 0 Å². The highest BCUT2D eigenvalue weighted by Gasteiger charge is 2.21. The van der Waals surface area contributed by atoms with Gasteiger partial charge >= 0.3 is 0 Å². The summed E-state index contributed by atoms with van der Waals surface area (Å²) in [5, 5.41) is 18.7. The third-order valence-corrected chi connectivity index (χ3v) is 3.21. The molecule has 0 fully saturated rings. The van der Waals surface area contributed by atoms with E-state index in [-0.39, 0.29) is 0 Å². The monoisotopic (exact) mass is 264 g/mol. The standard InChI is InChI=1S/C13H20N4O2/c1-9-12(13(19-4)17(3)15-9)11(18)6-5-10-7-14-16(2)8-10/h7-8,11,18H,5-6H2,1-4H3. The summed E-state index contributed by atoms with van der Waals surface area (Å²) in [6.45, 7) is 1.88. The zero-order valence-electron chi connectivity index (χ0n) is 11.8. The molecule has 0 radical (unpaired) electrons. The van der Waals surface area contributed by atoms with Gasteiger partial charge in [0.15, 0.2) is 0 Å². The second kappa shape index (κ2) is 5.44. The molecule has 104 valence electrons. The third-order valence-electron chi connectivity index (χ3n) is 3.21. The largest absolute Gasteiger partial charge is 0.481 e. The van der Waals surface area contributed by atoms with Gasteiger partial charge in [-0.3, -0.25) is 4.68 Å². The highest BCUT2D eigenvalue weighted by Crippen LogP contribution is 2.30. The number of aromatic nitrogens is 4. The number of aryl methyl sites for hydroxylation is 4. The van der Waals surface area contributed by atoms with Gasteiger partial charge in [-0.05, 0) is 25.3 Å². The van der Waals surface area contributed by atoms with Crippen molar-refractivity contribution in [3.05, 3.63) is 29.2 Å². The van der Waals surface area contributed by atoms with Crippen molar-refractivity contribution in [3.63, 3.8) is 0 Å². The van der Waals surface area contributed by atoms with Gasteiger partial charge in [-0.15, -0.1) is 0 Å². The Morgan fingerprint density at radius 3 is 2.74 bits per heavy atom. The molecule has 0 aromatic carbocycles. The minimum absolute atomic E-state index is 0.580. The topological polar surface area (TPSA) is 65.1 Å². The molecule has 2 rings (SSSR count). The van der Waals surface area contributed by atoms with Crippen LogP contribution in [0, 0.1) is 6.92 Å². The van der Waals surface area contributed by atoms with Gasteiger partial charge in [-0.2, -0.15) is 10.2 Å². The average Bonchev–Trinajstić information content (AvgIpc) is 2.89. The van der Waals surface area contributed by atoms with E-state index in [0.717, 1.165) is 23.2 Å². The molecule has 0 saturated heterocycles. The van der Waals surface area contributed by atoms with Crippen molar-refractivity contribution < 1.29 is 9.84 Å². The van der Waals surface area contributed by atoms with E-state index in [1.807, 2.05) is 33.4 Å². The second-order valence-corrected chi connectivity index (χ2v) is 4.71. The number of aliphatic hydroxyl groups is 1. The molecule has 0 bridgehead atoms. The van der Waals surface area contributed by atoms with Crippen molar-refractivity contribution in [2.24, 2.45) is 14.1 Å². The summed E-state index contributed by atoms with van der Waals surface area (Å²) in [4.78, 5) is 0. The smallest absolute Gasteiger partial charge is 0.217 e. The SMILES string of the molecule is COc1c(C(O)CCc2cnn(C)c2)c(C)nn1C. The van der Waals surface area contributed by atoms with E-state index in [0.29, 0.717) is 12.3 Å². The van der Waals surface area contributed by atoms with Crippen molar-refractivity contribution in [1.29, 1.82) is 0 Å². The minimum Gasteiger partial charge on any atom is -0.481 e. The van der Waals surface area contributed by atoms with Crippen LogP contribution in [0.5, 0.6) is 5.88 Å². The van der Waals surface area contributed by atoms with Crippen LogP contribution in [0.15, 0.2) is 12.4 Å². The first-order valence-corrected chi connectivity index (χ1v) is 6.26. The van der Waals surface area contributed by atoms with Crippen molar-refractivity contribution >= 4 is 0 Å². The molecule has 6 heteroatoms. The molecule has 1 atom stereocenters. The van der Waals surface area contributed by atoms with Gasteiger partial charge in [0.05, 0.1) is 30.7 Å². The molecule has 0 amide bonds. The summed E-state index contributed by atoms with van der Waals surface area (Å²) >= 11 is 0. The lowest BCUT2D eigenvalue weighted by atomic mass is 10.0. The third kappa shape index (κ3) is 2.78. The zero-order chi connectivity index (χ0) is 14.0. The van der Waals surface area contributed by atoms with Crippen molar-refractivity contribution in [2.75, 3.05) is 7.11 Å². The normalized spacial score (nSPS) is 12.7. The van der Waals surface area contributed by atoms with Crippen LogP contribution < -0.4 is 4.74 Å². The van der Waals surface area contributed by atoms with E-state index >= 15 is 0 Å². The maximum absolute atomic E-state index is 10.3. The second-order valence-electron chi connectivity index (χ2n) is 4.71. The first-order valence-electron chi connectivity index (χ1n) is 6.26.